The highest BCUT2D eigenvalue weighted by Gasteiger charge is 2.37. The third-order valence-electron chi connectivity index (χ3n) is 5.33. The predicted octanol–water partition coefficient (Wildman–Crippen LogP) is 2.36. The first-order chi connectivity index (χ1) is 13.5. The number of benzene rings is 1. The quantitative estimate of drug-likeness (QED) is 0.783. The number of hydrogen-bond acceptors (Lipinski definition) is 5. The fourth-order valence-electron chi connectivity index (χ4n) is 3.76. The van der Waals surface area contributed by atoms with E-state index in [1.807, 2.05) is 36.1 Å². The number of likely N-dealkylation sites (tertiary alicyclic amines) is 1. The second kappa shape index (κ2) is 9.00. The lowest BCUT2D eigenvalue weighted by Gasteiger charge is -2.40. The smallest absolute Gasteiger partial charge is 0.237 e. The van der Waals surface area contributed by atoms with E-state index in [1.54, 1.807) is 6.07 Å². The van der Waals surface area contributed by atoms with Crippen molar-refractivity contribution in [2.45, 2.75) is 44.3 Å². The highest BCUT2D eigenvalue weighted by molar-refractivity contribution is 7.12. The summed E-state index contributed by atoms with van der Waals surface area (Å²) in [7, 11) is 0. The van der Waals surface area contributed by atoms with Gasteiger partial charge in [-0.05, 0) is 43.4 Å². The number of nitriles is 1. The summed E-state index contributed by atoms with van der Waals surface area (Å²) in [6, 6.07) is 14.9. The van der Waals surface area contributed by atoms with Crippen molar-refractivity contribution in [3.8, 4) is 6.07 Å². The van der Waals surface area contributed by atoms with E-state index < -0.39 is 18.0 Å². The molecule has 1 aromatic carbocycles. The Hall–Kier alpha value is -2.69. The van der Waals surface area contributed by atoms with E-state index in [2.05, 4.69) is 23.5 Å². The van der Waals surface area contributed by atoms with Crippen molar-refractivity contribution in [3.05, 3.63) is 57.8 Å². The molecule has 0 spiro atoms. The van der Waals surface area contributed by atoms with Crippen LogP contribution in [-0.2, 0) is 16.1 Å². The zero-order valence-corrected chi connectivity index (χ0v) is 16.6. The van der Waals surface area contributed by atoms with E-state index in [1.165, 1.54) is 16.9 Å². The molecule has 1 aliphatic rings. The van der Waals surface area contributed by atoms with Crippen molar-refractivity contribution in [1.82, 2.24) is 10.2 Å². The fourth-order valence-corrected chi connectivity index (χ4v) is 4.50. The number of nitrogens with two attached hydrogens (primary N) is 1. The van der Waals surface area contributed by atoms with Crippen LogP contribution in [0.3, 0.4) is 0 Å². The van der Waals surface area contributed by atoms with Gasteiger partial charge in [0.25, 0.3) is 0 Å². The number of rotatable bonds is 6. The van der Waals surface area contributed by atoms with Gasteiger partial charge in [-0.25, -0.2) is 0 Å². The van der Waals surface area contributed by atoms with Gasteiger partial charge in [0.2, 0.25) is 11.8 Å². The Morgan fingerprint density at radius 2 is 2.07 bits per heavy atom. The van der Waals surface area contributed by atoms with Crippen LogP contribution in [-0.4, -0.2) is 35.3 Å². The molecule has 0 saturated carbocycles. The van der Waals surface area contributed by atoms with Crippen LogP contribution in [0.4, 0.5) is 0 Å². The number of nitrogens with one attached hydrogen (secondary N) is 1. The van der Waals surface area contributed by atoms with Gasteiger partial charge in [0.1, 0.15) is 10.9 Å². The summed E-state index contributed by atoms with van der Waals surface area (Å²) >= 11 is 1.36. The fraction of sp³-hybridized carbons (Fsp3) is 0.381. The summed E-state index contributed by atoms with van der Waals surface area (Å²) in [6.45, 7) is 2.82. The molecule has 0 aliphatic carbocycles. The van der Waals surface area contributed by atoms with Gasteiger partial charge >= 0.3 is 0 Å². The molecule has 2 unspecified atom stereocenters. The number of nitrogens with zero attached hydrogens (tertiary/aromatic N) is 2. The maximum absolute atomic E-state index is 12.6. The molecule has 146 valence electrons. The molecule has 6 nitrogen and oxygen atoms in total. The average Bonchev–Trinajstić information content (AvgIpc) is 3.19. The number of thiophene rings is 1. The molecule has 1 aliphatic heterocycles. The van der Waals surface area contributed by atoms with Gasteiger partial charge in [-0.3, -0.25) is 14.5 Å². The lowest BCUT2D eigenvalue weighted by Crippen LogP contribution is -2.56. The van der Waals surface area contributed by atoms with Crippen LogP contribution < -0.4 is 11.1 Å². The normalized spacial score (nSPS) is 20.9. The van der Waals surface area contributed by atoms with E-state index in [4.69, 9.17) is 11.0 Å². The molecule has 3 atom stereocenters. The van der Waals surface area contributed by atoms with Crippen molar-refractivity contribution in [3.63, 3.8) is 0 Å². The first kappa shape index (κ1) is 20.1. The van der Waals surface area contributed by atoms with Crippen LogP contribution in [0, 0.1) is 11.3 Å². The second-order valence-electron chi connectivity index (χ2n) is 7.06. The summed E-state index contributed by atoms with van der Waals surface area (Å²) in [5.41, 5.74) is 6.88. The van der Waals surface area contributed by atoms with Crippen molar-refractivity contribution in [2.75, 3.05) is 6.54 Å². The molecule has 0 bridgehead atoms. The number of carbonyl (C=O) groups is 2. The molecule has 3 N–H and O–H groups in total. The van der Waals surface area contributed by atoms with Gasteiger partial charge in [0, 0.05) is 11.4 Å². The monoisotopic (exact) mass is 396 g/mol. The zero-order valence-electron chi connectivity index (χ0n) is 15.8. The van der Waals surface area contributed by atoms with Crippen LogP contribution in [0.1, 0.15) is 41.0 Å². The molecule has 1 fully saturated rings. The van der Waals surface area contributed by atoms with Crippen LogP contribution in [0.5, 0.6) is 0 Å². The molecule has 7 heteroatoms. The van der Waals surface area contributed by atoms with Crippen LogP contribution in [0.25, 0.3) is 0 Å². The van der Waals surface area contributed by atoms with Crippen molar-refractivity contribution in [1.29, 1.82) is 5.26 Å². The first-order valence-corrected chi connectivity index (χ1v) is 10.2. The average molecular weight is 397 g/mol. The van der Waals surface area contributed by atoms with E-state index in [0.29, 0.717) is 24.4 Å². The Morgan fingerprint density at radius 3 is 2.71 bits per heavy atom. The number of primary amides is 1. The van der Waals surface area contributed by atoms with E-state index in [-0.39, 0.29) is 11.8 Å². The standard InChI is InChI=1S/C21H24N4O2S/c1-14(21(27)24-13-18-8-7-17(12-22)28-18)25-10-9-16(11-19(25)20(23)26)15-5-3-2-4-6-15/h2-8,14,16,19H,9-11,13H2,1H3,(H2,23,26)(H,24,27)/t14-,16?,19?/m0/s1. The van der Waals surface area contributed by atoms with Gasteiger partial charge in [0.15, 0.2) is 0 Å². The molecule has 1 aromatic heterocycles. The number of carbonyl (C=O) groups excluding carboxylic acids is 2. The molecule has 2 heterocycles. The highest BCUT2D eigenvalue weighted by Crippen LogP contribution is 2.32. The summed E-state index contributed by atoms with van der Waals surface area (Å²) in [6.07, 6.45) is 1.50. The third-order valence-corrected chi connectivity index (χ3v) is 6.32. The maximum Gasteiger partial charge on any atom is 0.237 e. The zero-order chi connectivity index (χ0) is 20.1. The molecular weight excluding hydrogens is 372 g/mol. The first-order valence-electron chi connectivity index (χ1n) is 9.36. The molecule has 2 aromatic rings. The Kier molecular flexibility index (Phi) is 6.45. The van der Waals surface area contributed by atoms with E-state index in [0.717, 1.165) is 11.3 Å². The molecule has 3 rings (SSSR count). The van der Waals surface area contributed by atoms with Crippen molar-refractivity contribution >= 4 is 23.2 Å². The minimum absolute atomic E-state index is 0.142. The molecule has 2 amide bonds. The minimum Gasteiger partial charge on any atom is -0.368 e. The second-order valence-corrected chi connectivity index (χ2v) is 8.23. The summed E-state index contributed by atoms with van der Waals surface area (Å²) in [5.74, 6) is -0.269. The van der Waals surface area contributed by atoms with Crippen LogP contribution >= 0.6 is 11.3 Å². The summed E-state index contributed by atoms with van der Waals surface area (Å²) in [4.78, 5) is 28.2. The van der Waals surface area contributed by atoms with Gasteiger partial charge < -0.3 is 11.1 Å². The summed E-state index contributed by atoms with van der Waals surface area (Å²) in [5, 5.41) is 11.8. The Bertz CT molecular complexity index is 874. The largest absolute Gasteiger partial charge is 0.368 e. The number of amides is 2. The molecule has 28 heavy (non-hydrogen) atoms. The topological polar surface area (TPSA) is 99.2 Å². The van der Waals surface area contributed by atoms with Crippen molar-refractivity contribution < 1.29 is 9.59 Å². The molecular formula is C21H24N4O2S. The third kappa shape index (κ3) is 4.58. The SMILES string of the molecule is C[C@@H](C(=O)NCc1ccc(C#N)s1)N1CCC(c2ccccc2)CC1C(N)=O. The molecule has 1 saturated heterocycles. The number of hydrogen-bond donors (Lipinski definition) is 2. The van der Waals surface area contributed by atoms with Crippen LogP contribution in [0.2, 0.25) is 0 Å². The van der Waals surface area contributed by atoms with E-state index in [9.17, 15) is 9.59 Å². The van der Waals surface area contributed by atoms with Gasteiger partial charge in [-0.15, -0.1) is 11.3 Å². The molecule has 0 radical (unpaired) electrons. The van der Waals surface area contributed by atoms with Crippen molar-refractivity contribution in [2.24, 2.45) is 5.73 Å². The Labute approximate surface area is 169 Å². The Balaban J connectivity index is 1.63. The van der Waals surface area contributed by atoms with Gasteiger partial charge in [0.05, 0.1) is 18.6 Å². The highest BCUT2D eigenvalue weighted by atomic mass is 32.1. The lowest BCUT2D eigenvalue weighted by molar-refractivity contribution is -0.132. The lowest BCUT2D eigenvalue weighted by atomic mass is 9.84. The minimum atomic E-state index is -0.466. The summed E-state index contributed by atoms with van der Waals surface area (Å²) < 4.78 is 0. The Morgan fingerprint density at radius 1 is 1.32 bits per heavy atom. The van der Waals surface area contributed by atoms with Crippen LogP contribution in [0.15, 0.2) is 42.5 Å². The van der Waals surface area contributed by atoms with Gasteiger partial charge in [-0.2, -0.15) is 5.26 Å². The van der Waals surface area contributed by atoms with Gasteiger partial charge in [-0.1, -0.05) is 30.3 Å². The maximum atomic E-state index is 12.6. The predicted molar refractivity (Wildman–Crippen MR) is 108 cm³/mol. The van der Waals surface area contributed by atoms with E-state index >= 15 is 0 Å². The number of piperidine rings is 1.